The van der Waals surface area contributed by atoms with Crippen molar-refractivity contribution in [1.82, 2.24) is 4.90 Å². The van der Waals surface area contributed by atoms with Gasteiger partial charge in [0.2, 0.25) is 5.78 Å². The van der Waals surface area contributed by atoms with Gasteiger partial charge in [0.05, 0.1) is 6.54 Å². The first-order valence-electron chi connectivity index (χ1n) is 5.32. The van der Waals surface area contributed by atoms with Gasteiger partial charge in [-0.3, -0.25) is 9.69 Å². The fourth-order valence-corrected chi connectivity index (χ4v) is 1.25. The van der Waals surface area contributed by atoms with Crippen molar-refractivity contribution >= 4 is 11.9 Å². The molecule has 0 aromatic heterocycles. The summed E-state index contributed by atoms with van der Waals surface area (Å²) in [6.07, 6.45) is 6.36. The fraction of sp³-hybridized carbons (Fsp3) is 0.667. The summed E-state index contributed by atoms with van der Waals surface area (Å²) >= 11 is 0. The lowest BCUT2D eigenvalue weighted by Crippen LogP contribution is -2.40. The van der Waals surface area contributed by atoms with Gasteiger partial charge in [0.25, 0.3) is 0 Å². The molecule has 1 aliphatic rings. The number of Topliss-reactive ketones (excluding diaryl/α,β-unsaturated/α-hetero) is 1. The van der Waals surface area contributed by atoms with Gasteiger partial charge in [-0.15, -0.1) is 6.42 Å². The number of hydrogen-bond donors (Lipinski definition) is 0. The third kappa shape index (κ3) is 3.93. The summed E-state index contributed by atoms with van der Waals surface area (Å²) in [5.41, 5.74) is -0.552. The van der Waals surface area contributed by atoms with E-state index in [2.05, 4.69) is 0 Å². The van der Waals surface area contributed by atoms with Crippen LogP contribution in [-0.2, 0) is 9.53 Å². The van der Waals surface area contributed by atoms with E-state index in [9.17, 15) is 9.59 Å². The van der Waals surface area contributed by atoms with Gasteiger partial charge in [0.15, 0.2) is 0 Å². The number of nitrogens with zero attached hydrogens (tertiary/aromatic N) is 1. The zero-order valence-electron chi connectivity index (χ0n) is 9.95. The quantitative estimate of drug-likeness (QED) is 0.539. The minimum atomic E-state index is -0.552. The Morgan fingerprint density at radius 2 is 2.00 bits per heavy atom. The van der Waals surface area contributed by atoms with Crippen molar-refractivity contribution in [2.24, 2.45) is 0 Å². The second-order valence-corrected chi connectivity index (χ2v) is 4.91. The lowest BCUT2D eigenvalue weighted by atomic mass is 10.2. The number of hydrogen-bond acceptors (Lipinski definition) is 3. The van der Waals surface area contributed by atoms with Gasteiger partial charge in [0.1, 0.15) is 5.60 Å². The summed E-state index contributed by atoms with van der Waals surface area (Å²) in [5.74, 6) is 1.62. The van der Waals surface area contributed by atoms with E-state index in [0.29, 0.717) is 0 Å². The molecule has 0 unspecified atom stereocenters. The number of ether oxygens (including phenoxy) is 1. The van der Waals surface area contributed by atoms with Crippen LogP contribution in [0.25, 0.3) is 0 Å². The second-order valence-electron chi connectivity index (χ2n) is 4.91. The van der Waals surface area contributed by atoms with Crippen LogP contribution in [0.4, 0.5) is 4.79 Å². The van der Waals surface area contributed by atoms with Crippen LogP contribution >= 0.6 is 0 Å². The molecule has 1 aliphatic carbocycles. The molecule has 0 saturated heterocycles. The molecule has 1 saturated carbocycles. The lowest BCUT2D eigenvalue weighted by Gasteiger charge is -2.26. The highest BCUT2D eigenvalue weighted by Gasteiger charge is 2.36. The summed E-state index contributed by atoms with van der Waals surface area (Å²) in [6.45, 7) is 5.33. The molecule has 16 heavy (non-hydrogen) atoms. The van der Waals surface area contributed by atoms with Crippen LogP contribution in [0.3, 0.4) is 0 Å². The Morgan fingerprint density at radius 3 is 2.38 bits per heavy atom. The predicted molar refractivity (Wildman–Crippen MR) is 59.8 cm³/mol. The molecule has 0 aromatic rings. The fourth-order valence-electron chi connectivity index (χ4n) is 1.25. The van der Waals surface area contributed by atoms with Crippen LogP contribution in [0.2, 0.25) is 0 Å². The van der Waals surface area contributed by atoms with E-state index in [4.69, 9.17) is 11.2 Å². The zero-order chi connectivity index (χ0) is 12.3. The molecule has 4 heteroatoms. The maximum absolute atomic E-state index is 11.8. The van der Waals surface area contributed by atoms with E-state index in [1.165, 1.54) is 4.90 Å². The van der Waals surface area contributed by atoms with Gasteiger partial charge in [-0.25, -0.2) is 4.79 Å². The molecule has 0 radical (unpaired) electrons. The molecule has 0 bridgehead atoms. The Hall–Kier alpha value is -1.50. The molecule has 88 valence electrons. The number of carbonyl (C=O) groups excluding carboxylic acids is 2. The van der Waals surface area contributed by atoms with E-state index in [1.54, 1.807) is 20.8 Å². The van der Waals surface area contributed by atoms with Crippen LogP contribution < -0.4 is 0 Å². The zero-order valence-corrected chi connectivity index (χ0v) is 9.95. The lowest BCUT2D eigenvalue weighted by molar-refractivity contribution is -0.115. The number of carbonyl (C=O) groups is 2. The van der Waals surface area contributed by atoms with Gasteiger partial charge >= 0.3 is 6.09 Å². The minimum absolute atomic E-state index is 0.0456. The first kappa shape index (κ1) is 12.6. The second kappa shape index (κ2) is 4.56. The summed E-state index contributed by atoms with van der Waals surface area (Å²) in [7, 11) is 0. The summed E-state index contributed by atoms with van der Waals surface area (Å²) in [4.78, 5) is 24.3. The molecule has 0 N–H and O–H groups in total. The van der Waals surface area contributed by atoms with Crippen molar-refractivity contribution in [1.29, 1.82) is 0 Å². The highest BCUT2D eigenvalue weighted by molar-refractivity contribution is 5.98. The topological polar surface area (TPSA) is 46.6 Å². The maximum atomic E-state index is 11.8. The molecule has 4 nitrogen and oxygen atoms in total. The summed E-state index contributed by atoms with van der Waals surface area (Å²) in [5, 5.41) is 0. The van der Waals surface area contributed by atoms with Crippen molar-refractivity contribution in [3.8, 4) is 12.3 Å². The highest BCUT2D eigenvalue weighted by Crippen LogP contribution is 2.28. The Bertz CT molecular complexity index is 331. The van der Waals surface area contributed by atoms with Crippen LogP contribution in [-0.4, -0.2) is 35.0 Å². The van der Waals surface area contributed by atoms with Crippen molar-refractivity contribution in [2.75, 3.05) is 6.54 Å². The SMILES string of the molecule is C#CC(=O)CN(C(=O)OC(C)(C)C)C1CC1. The van der Waals surface area contributed by atoms with E-state index in [0.717, 1.165) is 12.8 Å². The van der Waals surface area contributed by atoms with E-state index < -0.39 is 17.5 Å². The highest BCUT2D eigenvalue weighted by atomic mass is 16.6. The molecule has 0 aromatic carbocycles. The molecule has 0 aliphatic heterocycles. The summed E-state index contributed by atoms with van der Waals surface area (Å²) < 4.78 is 5.21. The van der Waals surface area contributed by atoms with E-state index >= 15 is 0 Å². The van der Waals surface area contributed by atoms with Crippen molar-refractivity contribution < 1.29 is 14.3 Å². The van der Waals surface area contributed by atoms with Gasteiger partial charge in [-0.05, 0) is 39.5 Å². The number of rotatable bonds is 3. The molecule has 1 fully saturated rings. The standard InChI is InChI=1S/C12H17NO3/c1-5-10(14)8-13(9-6-7-9)11(15)16-12(2,3)4/h1,9H,6-8H2,2-4H3. The van der Waals surface area contributed by atoms with E-state index in [-0.39, 0.29) is 12.6 Å². The van der Waals surface area contributed by atoms with Crippen LogP contribution in [0, 0.1) is 12.3 Å². The van der Waals surface area contributed by atoms with Crippen LogP contribution in [0.5, 0.6) is 0 Å². The first-order chi connectivity index (χ1) is 7.33. The maximum Gasteiger partial charge on any atom is 0.410 e. The largest absolute Gasteiger partial charge is 0.444 e. The number of amides is 1. The average molecular weight is 223 g/mol. The monoisotopic (exact) mass is 223 g/mol. The van der Waals surface area contributed by atoms with Crippen LogP contribution in [0.15, 0.2) is 0 Å². The molecule has 0 atom stereocenters. The number of ketones is 1. The van der Waals surface area contributed by atoms with Gasteiger partial charge < -0.3 is 4.74 Å². The minimum Gasteiger partial charge on any atom is -0.444 e. The Morgan fingerprint density at radius 1 is 1.44 bits per heavy atom. The third-order valence-corrected chi connectivity index (χ3v) is 2.09. The first-order valence-corrected chi connectivity index (χ1v) is 5.32. The molecule has 1 rings (SSSR count). The molecule has 0 heterocycles. The average Bonchev–Trinajstić information content (AvgIpc) is 2.93. The van der Waals surface area contributed by atoms with Gasteiger partial charge in [-0.1, -0.05) is 0 Å². The van der Waals surface area contributed by atoms with Crippen LogP contribution in [0.1, 0.15) is 33.6 Å². The molecule has 0 spiro atoms. The summed E-state index contributed by atoms with van der Waals surface area (Å²) in [6, 6.07) is 0.118. The Kier molecular flexibility index (Phi) is 3.58. The molecular weight excluding hydrogens is 206 g/mol. The Labute approximate surface area is 95.9 Å². The van der Waals surface area contributed by atoms with Gasteiger partial charge in [0, 0.05) is 6.04 Å². The van der Waals surface area contributed by atoms with Crippen molar-refractivity contribution in [3.63, 3.8) is 0 Å². The van der Waals surface area contributed by atoms with Crippen molar-refractivity contribution in [3.05, 3.63) is 0 Å². The predicted octanol–water partition coefficient (Wildman–Crippen LogP) is 1.59. The van der Waals surface area contributed by atoms with Gasteiger partial charge in [-0.2, -0.15) is 0 Å². The number of terminal acetylenes is 1. The van der Waals surface area contributed by atoms with E-state index in [1.807, 2.05) is 5.92 Å². The van der Waals surface area contributed by atoms with Crippen molar-refractivity contribution in [2.45, 2.75) is 45.3 Å². The third-order valence-electron chi connectivity index (χ3n) is 2.09. The molecular formula is C12H17NO3. The molecule has 1 amide bonds. The Balaban J connectivity index is 2.60. The smallest absolute Gasteiger partial charge is 0.410 e. The normalized spacial score (nSPS) is 15.1.